The number of Topliss-reactive ketones (excluding diaryl/α,β-unsaturated/α-hetero) is 1. The largest absolute Gasteiger partial charge is 0.469 e. The molecule has 0 bridgehead atoms. The maximum absolute atomic E-state index is 14.0. The maximum atomic E-state index is 14.0. The number of dihydropyridines is 1. The van der Waals surface area contributed by atoms with E-state index >= 15 is 0 Å². The van der Waals surface area contributed by atoms with Gasteiger partial charge in [-0.3, -0.25) is 9.59 Å². The second-order valence-corrected chi connectivity index (χ2v) is 8.36. The van der Waals surface area contributed by atoms with Gasteiger partial charge in [-0.25, -0.2) is 4.79 Å². The minimum atomic E-state index is -1.07. The number of rotatable bonds is 6. The summed E-state index contributed by atoms with van der Waals surface area (Å²) in [5.41, 5.74) is 2.86. The number of ether oxygens (including phenoxy) is 2. The van der Waals surface area contributed by atoms with E-state index in [-0.39, 0.29) is 25.6 Å². The number of aliphatic hydroxyl groups is 1. The van der Waals surface area contributed by atoms with Gasteiger partial charge in [-0.1, -0.05) is 30.3 Å². The van der Waals surface area contributed by atoms with Gasteiger partial charge in [0.15, 0.2) is 5.78 Å². The molecule has 1 aliphatic carbocycles. The number of nitrogens with one attached hydrogen (secondary N) is 1. The van der Waals surface area contributed by atoms with Crippen LogP contribution < -0.4 is 5.32 Å². The van der Waals surface area contributed by atoms with E-state index < -0.39 is 29.7 Å². The highest BCUT2D eigenvalue weighted by Gasteiger charge is 2.49. The Kier molecular flexibility index (Phi) is 9.25. The van der Waals surface area contributed by atoms with E-state index in [2.05, 4.69) is 5.32 Å². The number of carbonyl (C=O) groups is 3. The van der Waals surface area contributed by atoms with Gasteiger partial charge in [0.25, 0.3) is 0 Å². The summed E-state index contributed by atoms with van der Waals surface area (Å²) in [7, 11) is 0. The molecule has 2 heterocycles. The van der Waals surface area contributed by atoms with Crippen LogP contribution in [0.5, 0.6) is 0 Å². The summed E-state index contributed by atoms with van der Waals surface area (Å²) in [5.74, 6) is -3.13. The Balaban J connectivity index is 0.00000115. The quantitative estimate of drug-likeness (QED) is 0.457. The van der Waals surface area contributed by atoms with Crippen LogP contribution in [0.4, 0.5) is 0 Å². The van der Waals surface area contributed by atoms with Crippen LogP contribution >= 0.6 is 0 Å². The summed E-state index contributed by atoms with van der Waals surface area (Å²) >= 11 is 0. The van der Waals surface area contributed by atoms with E-state index in [4.69, 9.17) is 19.0 Å². The third-order valence-electron chi connectivity index (χ3n) is 6.10. The van der Waals surface area contributed by atoms with Crippen LogP contribution in [-0.2, 0) is 23.9 Å². The molecule has 2 N–H and O–H groups in total. The van der Waals surface area contributed by atoms with Gasteiger partial charge in [0.2, 0.25) is 0 Å². The molecule has 3 atom stereocenters. The Morgan fingerprint density at radius 3 is 2.31 bits per heavy atom. The number of benzene rings is 1. The van der Waals surface area contributed by atoms with Crippen LogP contribution in [0.3, 0.4) is 0 Å². The normalized spacial score (nSPS) is 21.1. The molecule has 4 rings (SSSR count). The molecular formula is C28H33NO7. The number of furan rings is 1. The molecule has 1 aromatic heterocycles. The molecular weight excluding hydrogens is 462 g/mol. The lowest BCUT2D eigenvalue weighted by Gasteiger charge is -2.38. The predicted molar refractivity (Wildman–Crippen MR) is 133 cm³/mol. The summed E-state index contributed by atoms with van der Waals surface area (Å²) < 4.78 is 16.2. The monoisotopic (exact) mass is 495 g/mol. The zero-order valence-electron chi connectivity index (χ0n) is 21.1. The molecule has 8 nitrogen and oxygen atoms in total. The predicted octanol–water partition coefficient (Wildman–Crippen LogP) is 3.99. The fraction of sp³-hybridized carbons (Fsp3) is 0.393. The van der Waals surface area contributed by atoms with Crippen LogP contribution in [-0.4, -0.2) is 42.6 Å². The zero-order chi connectivity index (χ0) is 26.2. The lowest BCUT2D eigenvalue weighted by Crippen LogP contribution is -2.43. The summed E-state index contributed by atoms with van der Waals surface area (Å²) in [4.78, 5) is 39.9. The second kappa shape index (κ2) is 12.4. The first kappa shape index (κ1) is 26.9. The highest BCUT2D eigenvalue weighted by molar-refractivity contribution is 6.13. The Hall–Kier alpha value is -3.65. The van der Waals surface area contributed by atoms with Crippen LogP contribution in [0, 0.1) is 5.92 Å². The highest BCUT2D eigenvalue weighted by atomic mass is 16.5. The van der Waals surface area contributed by atoms with Gasteiger partial charge >= 0.3 is 11.9 Å². The first-order valence-electron chi connectivity index (χ1n) is 12.2. The number of carbonyl (C=O) groups excluding carboxylic acids is 3. The van der Waals surface area contributed by atoms with Crippen molar-refractivity contribution in [2.45, 2.75) is 46.0 Å². The molecule has 2 aliphatic rings. The van der Waals surface area contributed by atoms with E-state index in [1.54, 1.807) is 39.8 Å². The van der Waals surface area contributed by atoms with Crippen LogP contribution in [0.15, 0.2) is 75.7 Å². The van der Waals surface area contributed by atoms with Gasteiger partial charge in [0.1, 0.15) is 11.7 Å². The fourth-order valence-corrected chi connectivity index (χ4v) is 4.77. The molecule has 192 valence electrons. The SMILES string of the molecule is CCO.CCOC(=O)C1=C(C)NC2=C(C(=O)C(C(=O)OCC)C(c3ccco3)C2)C1c1ccccc1. The van der Waals surface area contributed by atoms with Gasteiger partial charge in [0, 0.05) is 35.4 Å². The lowest BCUT2D eigenvalue weighted by atomic mass is 9.68. The molecule has 0 amide bonds. The molecule has 0 radical (unpaired) electrons. The van der Waals surface area contributed by atoms with Gasteiger partial charge in [-0.2, -0.15) is 0 Å². The highest BCUT2D eigenvalue weighted by Crippen LogP contribution is 2.48. The lowest BCUT2D eigenvalue weighted by molar-refractivity contribution is -0.152. The molecule has 0 fully saturated rings. The number of aliphatic hydroxyl groups excluding tert-OH is 1. The van der Waals surface area contributed by atoms with E-state index in [0.717, 1.165) is 5.56 Å². The fourth-order valence-electron chi connectivity index (χ4n) is 4.77. The van der Waals surface area contributed by atoms with Crippen molar-refractivity contribution in [2.24, 2.45) is 5.92 Å². The minimum Gasteiger partial charge on any atom is -0.469 e. The zero-order valence-corrected chi connectivity index (χ0v) is 21.1. The van der Waals surface area contributed by atoms with Gasteiger partial charge in [-0.15, -0.1) is 0 Å². The average Bonchev–Trinajstić information content (AvgIpc) is 3.39. The van der Waals surface area contributed by atoms with E-state index in [1.807, 2.05) is 30.3 Å². The Labute approximate surface area is 211 Å². The van der Waals surface area contributed by atoms with Crippen molar-refractivity contribution >= 4 is 17.7 Å². The summed E-state index contributed by atoms with van der Waals surface area (Å²) in [6, 6.07) is 12.8. The van der Waals surface area contributed by atoms with Crippen molar-refractivity contribution in [1.29, 1.82) is 0 Å². The molecule has 8 heteroatoms. The summed E-state index contributed by atoms with van der Waals surface area (Å²) in [5, 5.41) is 10.8. The minimum absolute atomic E-state index is 0.160. The van der Waals surface area contributed by atoms with Crippen molar-refractivity contribution in [3.63, 3.8) is 0 Å². The molecule has 2 aromatic rings. The van der Waals surface area contributed by atoms with Crippen LogP contribution in [0.25, 0.3) is 0 Å². The Morgan fingerprint density at radius 1 is 1.06 bits per heavy atom. The molecule has 0 saturated heterocycles. The number of hydrogen-bond donors (Lipinski definition) is 2. The van der Waals surface area contributed by atoms with Gasteiger partial charge < -0.3 is 24.3 Å². The summed E-state index contributed by atoms with van der Waals surface area (Å²) in [6.07, 6.45) is 1.89. The van der Waals surface area contributed by atoms with E-state index in [1.165, 1.54) is 6.26 Å². The first-order valence-corrected chi connectivity index (χ1v) is 12.2. The number of esters is 2. The molecule has 1 aromatic carbocycles. The molecule has 3 unspecified atom stereocenters. The number of ketones is 1. The number of allylic oxidation sites excluding steroid dienone is 3. The van der Waals surface area contributed by atoms with Crippen molar-refractivity contribution < 1.29 is 33.4 Å². The van der Waals surface area contributed by atoms with Crippen molar-refractivity contribution in [3.05, 3.63) is 82.6 Å². The second-order valence-electron chi connectivity index (χ2n) is 8.36. The van der Waals surface area contributed by atoms with Crippen molar-refractivity contribution in [1.82, 2.24) is 5.32 Å². The van der Waals surface area contributed by atoms with E-state index in [9.17, 15) is 14.4 Å². The molecule has 1 aliphatic heterocycles. The van der Waals surface area contributed by atoms with Crippen LogP contribution in [0.1, 0.15) is 57.3 Å². The smallest absolute Gasteiger partial charge is 0.336 e. The summed E-state index contributed by atoms with van der Waals surface area (Å²) in [6.45, 7) is 7.55. The standard InChI is InChI=1S/C26H27NO6.C2H6O/c1-4-31-25(29)20-15(3)27-18-14-17(19-12-9-13-33-19)22(26(30)32-5-2)24(28)23(18)21(20)16-10-7-6-8-11-16;1-2-3/h6-13,17,21-22,27H,4-5,14H2,1-3H3;3H,2H2,1H3. The Bertz CT molecular complexity index is 1130. The third-order valence-corrected chi connectivity index (χ3v) is 6.10. The molecule has 0 spiro atoms. The average molecular weight is 496 g/mol. The maximum Gasteiger partial charge on any atom is 0.336 e. The van der Waals surface area contributed by atoms with Gasteiger partial charge in [0.05, 0.1) is 25.1 Å². The van der Waals surface area contributed by atoms with Crippen molar-refractivity contribution in [3.8, 4) is 0 Å². The third kappa shape index (κ3) is 5.44. The van der Waals surface area contributed by atoms with Crippen molar-refractivity contribution in [2.75, 3.05) is 19.8 Å². The molecule has 0 saturated carbocycles. The van der Waals surface area contributed by atoms with Crippen LogP contribution in [0.2, 0.25) is 0 Å². The number of hydrogen-bond acceptors (Lipinski definition) is 8. The van der Waals surface area contributed by atoms with Gasteiger partial charge in [-0.05, 0) is 51.8 Å². The topological polar surface area (TPSA) is 115 Å². The Morgan fingerprint density at radius 2 is 1.72 bits per heavy atom. The van der Waals surface area contributed by atoms with E-state index in [0.29, 0.717) is 34.7 Å². The molecule has 36 heavy (non-hydrogen) atoms. The first-order chi connectivity index (χ1) is 17.4.